The van der Waals surface area contributed by atoms with Gasteiger partial charge in [0.1, 0.15) is 5.76 Å². The molecule has 0 spiro atoms. The number of likely N-dealkylation sites (N-methyl/N-ethyl adjacent to an activating group) is 1. The Bertz CT molecular complexity index is 715. The molecule has 0 saturated carbocycles. The van der Waals surface area contributed by atoms with Crippen molar-refractivity contribution in [1.29, 1.82) is 0 Å². The highest BCUT2D eigenvalue weighted by Crippen LogP contribution is 2.20. The van der Waals surface area contributed by atoms with E-state index in [0.29, 0.717) is 6.54 Å². The minimum Gasteiger partial charge on any atom is -0.468 e. The van der Waals surface area contributed by atoms with Gasteiger partial charge < -0.3 is 15.1 Å². The first-order valence-corrected chi connectivity index (χ1v) is 9.80. The molecule has 7 nitrogen and oxygen atoms in total. The highest BCUT2D eigenvalue weighted by atomic mass is 16.3. The molecule has 0 aliphatic heterocycles. The first-order valence-electron chi connectivity index (χ1n) is 9.80. The summed E-state index contributed by atoms with van der Waals surface area (Å²) in [6.07, 6.45) is 1.74. The van der Waals surface area contributed by atoms with Crippen LogP contribution in [0.25, 0.3) is 0 Å². The summed E-state index contributed by atoms with van der Waals surface area (Å²) in [5, 5.41) is 11.3. The molecule has 2 heterocycles. The molecule has 27 heavy (non-hydrogen) atoms. The molecule has 150 valence electrons. The van der Waals surface area contributed by atoms with Crippen molar-refractivity contribution in [3.05, 3.63) is 41.1 Å². The first-order chi connectivity index (χ1) is 13.0. The predicted octanol–water partition coefficient (Wildman–Crippen LogP) is 2.77. The molecular weight excluding hydrogens is 340 g/mol. The third-order valence-electron chi connectivity index (χ3n) is 4.99. The van der Waals surface area contributed by atoms with Crippen LogP contribution in [0.4, 0.5) is 0 Å². The number of aryl methyl sites for hydroxylation is 2. The molecule has 0 aliphatic rings. The van der Waals surface area contributed by atoms with E-state index >= 15 is 0 Å². The Hall–Kier alpha value is -2.28. The molecule has 0 bridgehead atoms. The summed E-state index contributed by atoms with van der Waals surface area (Å²) < 4.78 is 7.59. The van der Waals surface area contributed by atoms with Crippen LogP contribution >= 0.6 is 0 Å². The summed E-state index contributed by atoms with van der Waals surface area (Å²) in [4.78, 5) is 7.15. The molecule has 0 aliphatic carbocycles. The van der Waals surface area contributed by atoms with Gasteiger partial charge in [0.05, 0.1) is 24.5 Å². The summed E-state index contributed by atoms with van der Waals surface area (Å²) in [6, 6.07) is 4.15. The second-order valence-corrected chi connectivity index (χ2v) is 6.60. The Morgan fingerprint density at radius 1 is 1.26 bits per heavy atom. The summed E-state index contributed by atoms with van der Waals surface area (Å²) in [6.45, 7) is 14.6. The van der Waals surface area contributed by atoms with Gasteiger partial charge in [-0.05, 0) is 46.0 Å². The van der Waals surface area contributed by atoms with Crippen LogP contribution in [0.1, 0.15) is 49.5 Å². The minimum atomic E-state index is 0.167. The number of aromatic nitrogens is 2. The SMILES string of the molecule is CCNC(=NCc1c(C)nn(C)c1C)NCC(c1ccco1)N(CC)CC. The Labute approximate surface area is 162 Å². The van der Waals surface area contributed by atoms with Crippen molar-refractivity contribution in [2.45, 2.75) is 47.2 Å². The molecular formula is C20H34N6O. The molecule has 2 aromatic heterocycles. The molecule has 0 aromatic carbocycles. The summed E-state index contributed by atoms with van der Waals surface area (Å²) in [7, 11) is 1.97. The fourth-order valence-electron chi connectivity index (χ4n) is 3.29. The van der Waals surface area contributed by atoms with Crippen molar-refractivity contribution >= 4 is 5.96 Å². The Morgan fingerprint density at radius 3 is 2.52 bits per heavy atom. The van der Waals surface area contributed by atoms with Crippen LogP contribution in [0.15, 0.2) is 27.8 Å². The number of nitrogens with zero attached hydrogens (tertiary/aromatic N) is 4. The standard InChI is InChI=1S/C20H34N6O/c1-7-21-20(22-13-17-15(4)24-25(6)16(17)5)23-14-18(26(8-2)9-3)19-11-10-12-27-19/h10-12,18H,7-9,13-14H2,1-6H3,(H2,21,22,23). The number of hydrogen-bond donors (Lipinski definition) is 2. The molecule has 0 fully saturated rings. The van der Waals surface area contributed by atoms with E-state index in [0.717, 1.165) is 49.3 Å². The molecule has 1 atom stereocenters. The zero-order valence-corrected chi connectivity index (χ0v) is 17.5. The average Bonchev–Trinajstić information content (AvgIpc) is 3.26. The molecule has 7 heteroatoms. The molecule has 2 aromatic rings. The fourth-order valence-corrected chi connectivity index (χ4v) is 3.29. The van der Waals surface area contributed by atoms with Gasteiger partial charge in [0.25, 0.3) is 0 Å². The van der Waals surface area contributed by atoms with E-state index in [4.69, 9.17) is 9.41 Å². The monoisotopic (exact) mass is 374 g/mol. The third kappa shape index (κ3) is 5.35. The summed E-state index contributed by atoms with van der Waals surface area (Å²) in [5.41, 5.74) is 3.37. The van der Waals surface area contributed by atoms with Gasteiger partial charge in [0, 0.05) is 31.4 Å². The summed E-state index contributed by atoms with van der Waals surface area (Å²) in [5.74, 6) is 1.78. The smallest absolute Gasteiger partial charge is 0.191 e. The molecule has 0 radical (unpaired) electrons. The van der Waals surface area contributed by atoms with E-state index < -0.39 is 0 Å². The zero-order chi connectivity index (χ0) is 19.8. The normalized spacial score (nSPS) is 13.2. The van der Waals surface area contributed by atoms with Crippen molar-refractivity contribution in [2.24, 2.45) is 12.0 Å². The number of rotatable bonds is 9. The molecule has 0 amide bonds. The van der Waals surface area contributed by atoms with Crippen LogP contribution in [0, 0.1) is 13.8 Å². The van der Waals surface area contributed by atoms with Crippen LogP contribution in [0.2, 0.25) is 0 Å². The van der Waals surface area contributed by atoms with Crippen LogP contribution in [0.5, 0.6) is 0 Å². The van der Waals surface area contributed by atoms with Gasteiger partial charge in [-0.25, -0.2) is 4.99 Å². The largest absolute Gasteiger partial charge is 0.468 e. The van der Waals surface area contributed by atoms with Crippen LogP contribution < -0.4 is 10.6 Å². The van der Waals surface area contributed by atoms with Crippen molar-refractivity contribution in [3.63, 3.8) is 0 Å². The van der Waals surface area contributed by atoms with Gasteiger partial charge >= 0.3 is 0 Å². The van der Waals surface area contributed by atoms with Gasteiger partial charge in [-0.3, -0.25) is 9.58 Å². The lowest BCUT2D eigenvalue weighted by atomic mass is 10.2. The Morgan fingerprint density at radius 2 is 2.00 bits per heavy atom. The van der Waals surface area contributed by atoms with E-state index in [2.05, 4.69) is 48.3 Å². The Balaban J connectivity index is 2.11. The van der Waals surface area contributed by atoms with Crippen molar-refractivity contribution < 1.29 is 4.42 Å². The Kier molecular flexibility index (Phi) is 7.91. The van der Waals surface area contributed by atoms with E-state index in [-0.39, 0.29) is 6.04 Å². The third-order valence-corrected chi connectivity index (χ3v) is 4.99. The van der Waals surface area contributed by atoms with E-state index in [1.807, 2.05) is 30.8 Å². The highest BCUT2D eigenvalue weighted by molar-refractivity contribution is 5.79. The average molecular weight is 375 g/mol. The molecule has 2 rings (SSSR count). The van der Waals surface area contributed by atoms with Crippen molar-refractivity contribution in [2.75, 3.05) is 26.2 Å². The van der Waals surface area contributed by atoms with Gasteiger partial charge in [-0.1, -0.05) is 13.8 Å². The lowest BCUT2D eigenvalue weighted by molar-refractivity contribution is 0.193. The number of hydrogen-bond acceptors (Lipinski definition) is 4. The lowest BCUT2D eigenvalue weighted by Crippen LogP contribution is -2.43. The van der Waals surface area contributed by atoms with Crippen LogP contribution in [0.3, 0.4) is 0 Å². The number of aliphatic imine (C=N–C) groups is 1. The predicted molar refractivity (Wildman–Crippen MR) is 110 cm³/mol. The molecule has 0 saturated heterocycles. The van der Waals surface area contributed by atoms with Gasteiger partial charge in [-0.15, -0.1) is 0 Å². The quantitative estimate of drug-likeness (QED) is 0.522. The van der Waals surface area contributed by atoms with Crippen LogP contribution in [-0.4, -0.2) is 46.8 Å². The van der Waals surface area contributed by atoms with E-state index in [1.165, 1.54) is 5.56 Å². The lowest BCUT2D eigenvalue weighted by Gasteiger charge is -2.28. The van der Waals surface area contributed by atoms with Gasteiger partial charge in [-0.2, -0.15) is 5.10 Å². The van der Waals surface area contributed by atoms with Crippen molar-refractivity contribution in [1.82, 2.24) is 25.3 Å². The van der Waals surface area contributed by atoms with E-state index in [1.54, 1.807) is 6.26 Å². The van der Waals surface area contributed by atoms with Gasteiger partial charge in [0.2, 0.25) is 0 Å². The van der Waals surface area contributed by atoms with Crippen molar-refractivity contribution in [3.8, 4) is 0 Å². The minimum absolute atomic E-state index is 0.167. The molecule has 1 unspecified atom stereocenters. The topological polar surface area (TPSA) is 70.6 Å². The second-order valence-electron chi connectivity index (χ2n) is 6.60. The second kappa shape index (κ2) is 10.2. The zero-order valence-electron chi connectivity index (χ0n) is 17.5. The molecule has 2 N–H and O–H groups in total. The van der Waals surface area contributed by atoms with Crippen LogP contribution in [-0.2, 0) is 13.6 Å². The number of nitrogens with one attached hydrogen (secondary N) is 2. The first kappa shape index (κ1) is 21.0. The summed E-state index contributed by atoms with van der Waals surface area (Å²) >= 11 is 0. The number of furan rings is 1. The maximum Gasteiger partial charge on any atom is 0.191 e. The fraction of sp³-hybridized carbons (Fsp3) is 0.600. The van der Waals surface area contributed by atoms with E-state index in [9.17, 15) is 0 Å². The highest BCUT2D eigenvalue weighted by Gasteiger charge is 2.21. The van der Waals surface area contributed by atoms with Gasteiger partial charge in [0.15, 0.2) is 5.96 Å². The maximum absolute atomic E-state index is 5.68. The number of guanidine groups is 1. The maximum atomic E-state index is 5.68.